The van der Waals surface area contributed by atoms with Crippen molar-refractivity contribution in [3.8, 4) is 11.1 Å². The maximum Gasteiger partial charge on any atom is 0.185 e. The first-order chi connectivity index (χ1) is 16.5. The minimum atomic E-state index is -0.376. The fourth-order valence-electron chi connectivity index (χ4n) is 3.34. The van der Waals surface area contributed by atoms with Gasteiger partial charge >= 0.3 is 0 Å². The molecule has 0 aliphatic rings. The smallest absolute Gasteiger partial charge is 0.185 e. The first-order valence-electron chi connectivity index (χ1n) is 10.6. The van der Waals surface area contributed by atoms with Crippen molar-refractivity contribution in [3.63, 3.8) is 0 Å². The molecule has 0 fully saturated rings. The minimum absolute atomic E-state index is 0.189. The molecular weight excluding hydrogens is 430 g/mol. The molecule has 0 amide bonds. The molecule has 34 heavy (non-hydrogen) atoms. The Morgan fingerprint density at radius 3 is 1.12 bits per heavy atom. The van der Waals surface area contributed by atoms with Crippen LogP contribution >= 0.6 is 0 Å². The predicted octanol–water partition coefficient (Wildman–Crippen LogP) is 7.42. The summed E-state index contributed by atoms with van der Waals surface area (Å²) in [5, 5.41) is 0. The van der Waals surface area contributed by atoms with Crippen LogP contribution in [0.4, 0.5) is 8.78 Å². The molecule has 0 radical (unpaired) electrons. The molecule has 0 spiro atoms. The monoisotopic (exact) mass is 450 g/mol. The second-order valence-electron chi connectivity index (χ2n) is 7.65. The van der Waals surface area contributed by atoms with Gasteiger partial charge in [0.2, 0.25) is 0 Å². The van der Waals surface area contributed by atoms with Crippen LogP contribution in [-0.4, -0.2) is 11.6 Å². The van der Waals surface area contributed by atoms with Crippen LogP contribution in [0, 0.1) is 11.6 Å². The summed E-state index contributed by atoms with van der Waals surface area (Å²) in [7, 11) is 0. The zero-order chi connectivity index (χ0) is 23.9. The Hall–Kier alpha value is -4.44. The van der Waals surface area contributed by atoms with Crippen molar-refractivity contribution < 1.29 is 18.4 Å². The number of benzene rings is 4. The summed E-state index contributed by atoms with van der Waals surface area (Å²) in [6.45, 7) is 0. The zero-order valence-electron chi connectivity index (χ0n) is 18.1. The summed E-state index contributed by atoms with van der Waals surface area (Å²) in [6.07, 6.45) is 6.39. The molecule has 0 saturated carbocycles. The van der Waals surface area contributed by atoms with Gasteiger partial charge in [-0.3, -0.25) is 9.59 Å². The van der Waals surface area contributed by atoms with E-state index in [0.717, 1.165) is 22.3 Å². The van der Waals surface area contributed by atoms with E-state index >= 15 is 0 Å². The average molecular weight is 450 g/mol. The second kappa shape index (κ2) is 10.5. The van der Waals surface area contributed by atoms with Gasteiger partial charge in [0.25, 0.3) is 0 Å². The molecule has 0 heterocycles. The standard InChI is InChI=1S/C30H20F2O2/c31-27-15-11-25(12-16-27)29(33)19-5-21-1-7-23(8-2-21)24-9-3-22(4-10-24)6-20-30(34)26-13-17-28(32)18-14-26/h1-20H/b19-5+,20-6+. The summed E-state index contributed by atoms with van der Waals surface area (Å²) in [4.78, 5) is 24.4. The second-order valence-corrected chi connectivity index (χ2v) is 7.65. The molecular formula is C30H20F2O2. The highest BCUT2D eigenvalue weighted by molar-refractivity contribution is 6.07. The topological polar surface area (TPSA) is 34.1 Å². The summed E-state index contributed by atoms with van der Waals surface area (Å²) in [5.41, 5.74) is 4.64. The third-order valence-corrected chi connectivity index (χ3v) is 5.27. The summed E-state index contributed by atoms with van der Waals surface area (Å²) >= 11 is 0. The normalized spacial score (nSPS) is 11.2. The van der Waals surface area contributed by atoms with Crippen LogP contribution in [0.2, 0.25) is 0 Å². The van der Waals surface area contributed by atoms with Gasteiger partial charge in [0.1, 0.15) is 11.6 Å². The Morgan fingerprint density at radius 1 is 0.471 bits per heavy atom. The van der Waals surface area contributed by atoms with E-state index in [9.17, 15) is 18.4 Å². The molecule has 4 aromatic carbocycles. The summed E-state index contributed by atoms with van der Waals surface area (Å²) in [5.74, 6) is -1.13. The lowest BCUT2D eigenvalue weighted by Crippen LogP contribution is -1.93. The fraction of sp³-hybridized carbons (Fsp3) is 0. The summed E-state index contributed by atoms with van der Waals surface area (Å²) < 4.78 is 26.0. The van der Waals surface area contributed by atoms with E-state index in [1.165, 1.54) is 60.7 Å². The molecule has 0 aromatic heterocycles. The number of carbonyl (C=O) groups excluding carboxylic acids is 2. The van der Waals surface area contributed by atoms with Crippen molar-refractivity contribution in [2.75, 3.05) is 0 Å². The van der Waals surface area contributed by atoms with Gasteiger partial charge in [-0.25, -0.2) is 8.78 Å². The number of carbonyl (C=O) groups is 2. The van der Waals surface area contributed by atoms with Crippen LogP contribution in [-0.2, 0) is 0 Å². The van der Waals surface area contributed by atoms with E-state index in [-0.39, 0.29) is 23.2 Å². The van der Waals surface area contributed by atoms with Gasteiger partial charge in [-0.15, -0.1) is 0 Å². The lowest BCUT2D eigenvalue weighted by molar-refractivity contribution is 0.103. The van der Waals surface area contributed by atoms with Gasteiger partial charge in [-0.2, -0.15) is 0 Å². The Balaban J connectivity index is 1.39. The van der Waals surface area contributed by atoms with Crippen LogP contribution in [0.3, 0.4) is 0 Å². The maximum absolute atomic E-state index is 13.0. The molecule has 4 aromatic rings. The number of ketones is 2. The highest BCUT2D eigenvalue weighted by Gasteiger charge is 2.03. The van der Waals surface area contributed by atoms with E-state index in [2.05, 4.69) is 0 Å². The highest BCUT2D eigenvalue weighted by Crippen LogP contribution is 2.21. The molecule has 0 aliphatic carbocycles. The first-order valence-corrected chi connectivity index (χ1v) is 10.6. The lowest BCUT2D eigenvalue weighted by atomic mass is 10.0. The van der Waals surface area contributed by atoms with E-state index in [1.54, 1.807) is 12.2 Å². The number of halogens is 2. The molecule has 4 heteroatoms. The summed E-state index contributed by atoms with van der Waals surface area (Å²) in [6, 6.07) is 26.4. The van der Waals surface area contributed by atoms with Gasteiger partial charge in [-0.05, 0) is 82.9 Å². The molecule has 4 rings (SSSR count). The molecule has 0 unspecified atom stereocenters. The van der Waals surface area contributed by atoms with Crippen LogP contribution in [0.15, 0.2) is 109 Å². The third-order valence-electron chi connectivity index (χ3n) is 5.27. The van der Waals surface area contributed by atoms with Crippen LogP contribution < -0.4 is 0 Å². The zero-order valence-corrected chi connectivity index (χ0v) is 18.1. The molecule has 166 valence electrons. The lowest BCUT2D eigenvalue weighted by Gasteiger charge is -2.03. The van der Waals surface area contributed by atoms with Crippen molar-refractivity contribution in [2.45, 2.75) is 0 Å². The Morgan fingerprint density at radius 2 is 0.794 bits per heavy atom. The number of allylic oxidation sites excluding steroid dienone is 2. The number of hydrogen-bond acceptors (Lipinski definition) is 2. The molecule has 0 bridgehead atoms. The predicted molar refractivity (Wildman–Crippen MR) is 131 cm³/mol. The van der Waals surface area contributed by atoms with Crippen LogP contribution in [0.5, 0.6) is 0 Å². The van der Waals surface area contributed by atoms with Crippen LogP contribution in [0.1, 0.15) is 31.8 Å². The average Bonchev–Trinajstić information content (AvgIpc) is 2.87. The van der Waals surface area contributed by atoms with E-state index < -0.39 is 0 Å². The van der Waals surface area contributed by atoms with Gasteiger partial charge < -0.3 is 0 Å². The molecule has 0 saturated heterocycles. The Kier molecular flexibility index (Phi) is 6.99. The van der Waals surface area contributed by atoms with Crippen molar-refractivity contribution in [1.82, 2.24) is 0 Å². The van der Waals surface area contributed by atoms with E-state index in [4.69, 9.17) is 0 Å². The Bertz CT molecular complexity index is 1240. The molecule has 0 aliphatic heterocycles. The van der Waals surface area contributed by atoms with Crippen molar-refractivity contribution in [3.05, 3.63) is 143 Å². The SMILES string of the molecule is O=C(/C=C/c1ccc(-c2ccc(/C=C/C(=O)c3ccc(F)cc3)cc2)cc1)c1ccc(F)cc1. The first kappa shape index (κ1) is 22.7. The number of rotatable bonds is 7. The van der Waals surface area contributed by atoms with Gasteiger partial charge in [0.05, 0.1) is 0 Å². The van der Waals surface area contributed by atoms with Crippen molar-refractivity contribution >= 4 is 23.7 Å². The number of hydrogen-bond donors (Lipinski definition) is 0. The Labute approximate surface area is 196 Å². The van der Waals surface area contributed by atoms with Gasteiger partial charge in [-0.1, -0.05) is 60.7 Å². The highest BCUT2D eigenvalue weighted by atomic mass is 19.1. The van der Waals surface area contributed by atoms with Crippen molar-refractivity contribution in [1.29, 1.82) is 0 Å². The largest absolute Gasteiger partial charge is 0.289 e. The van der Waals surface area contributed by atoms with Crippen LogP contribution in [0.25, 0.3) is 23.3 Å². The van der Waals surface area contributed by atoms with Gasteiger partial charge in [0, 0.05) is 11.1 Å². The molecule has 2 nitrogen and oxygen atoms in total. The minimum Gasteiger partial charge on any atom is -0.289 e. The quantitative estimate of drug-likeness (QED) is 0.217. The van der Waals surface area contributed by atoms with E-state index in [1.807, 2.05) is 48.5 Å². The fourth-order valence-corrected chi connectivity index (χ4v) is 3.34. The van der Waals surface area contributed by atoms with E-state index in [0.29, 0.717) is 11.1 Å². The van der Waals surface area contributed by atoms with Crippen molar-refractivity contribution in [2.24, 2.45) is 0 Å². The molecule has 0 N–H and O–H groups in total. The maximum atomic E-state index is 13.0. The van der Waals surface area contributed by atoms with Gasteiger partial charge in [0.15, 0.2) is 11.6 Å². The third kappa shape index (κ3) is 5.87. The molecule has 0 atom stereocenters.